The molecule has 0 saturated heterocycles. The van der Waals surface area contributed by atoms with Crippen LogP contribution >= 0.6 is 0 Å². The Balaban J connectivity index is 1.38. The summed E-state index contributed by atoms with van der Waals surface area (Å²) in [7, 11) is 0. The summed E-state index contributed by atoms with van der Waals surface area (Å²) in [5.41, 5.74) is 1.74. The van der Waals surface area contributed by atoms with Crippen LogP contribution in [0.3, 0.4) is 0 Å². The van der Waals surface area contributed by atoms with Crippen LogP contribution in [0.1, 0.15) is 37.7 Å². The Morgan fingerprint density at radius 1 is 1.07 bits per heavy atom. The molecule has 1 aliphatic rings. The van der Waals surface area contributed by atoms with Crippen molar-refractivity contribution < 1.29 is 24.2 Å². The number of benzene rings is 1. The molecule has 0 atom stereocenters. The minimum Gasteiger partial charge on any atom is -0.481 e. The minimum absolute atomic E-state index is 0.0338. The number of carboxylic acids is 1. The number of esters is 1. The van der Waals surface area contributed by atoms with Gasteiger partial charge in [0.2, 0.25) is 5.88 Å². The number of aliphatic carboxylic acids is 1. The third-order valence-electron chi connectivity index (χ3n) is 4.92. The first-order valence-electron chi connectivity index (χ1n) is 9.89. The number of ether oxygens (including phenoxy) is 2. The summed E-state index contributed by atoms with van der Waals surface area (Å²) in [6, 6.07) is 13.3. The van der Waals surface area contributed by atoms with Crippen molar-refractivity contribution in [1.82, 2.24) is 4.98 Å². The second-order valence-electron chi connectivity index (χ2n) is 7.14. The zero-order chi connectivity index (χ0) is 20.5. The van der Waals surface area contributed by atoms with Crippen LogP contribution in [0, 0.1) is 5.92 Å². The summed E-state index contributed by atoms with van der Waals surface area (Å²) in [5.74, 6) is -0.525. The molecule has 154 valence electrons. The number of rotatable bonds is 9. The summed E-state index contributed by atoms with van der Waals surface area (Å²) < 4.78 is 11.4. The molecule has 2 aromatic rings. The van der Waals surface area contributed by atoms with Gasteiger partial charge in [0.1, 0.15) is 12.7 Å². The van der Waals surface area contributed by atoms with E-state index in [1.54, 1.807) is 12.3 Å². The van der Waals surface area contributed by atoms with E-state index in [4.69, 9.17) is 14.6 Å². The van der Waals surface area contributed by atoms with Gasteiger partial charge in [-0.25, -0.2) is 4.98 Å². The average Bonchev–Trinajstić information content (AvgIpc) is 2.74. The first-order valence-corrected chi connectivity index (χ1v) is 9.89. The quantitative estimate of drug-likeness (QED) is 0.622. The Morgan fingerprint density at radius 2 is 1.83 bits per heavy atom. The van der Waals surface area contributed by atoms with Gasteiger partial charge < -0.3 is 19.9 Å². The number of anilines is 1. The SMILES string of the molecule is O=C(O)CCNc1ccc(OC2CCC(C(=O)OCc3ccccc3)CC2)nc1. The summed E-state index contributed by atoms with van der Waals surface area (Å²) in [6.07, 6.45) is 4.77. The van der Waals surface area contributed by atoms with Crippen molar-refractivity contribution in [3.63, 3.8) is 0 Å². The number of carboxylic acid groups (broad SMARTS) is 1. The molecule has 1 aromatic carbocycles. The van der Waals surface area contributed by atoms with Gasteiger partial charge in [-0.05, 0) is 37.3 Å². The lowest BCUT2D eigenvalue weighted by Crippen LogP contribution is -2.29. The van der Waals surface area contributed by atoms with Crippen molar-refractivity contribution in [3.8, 4) is 5.88 Å². The van der Waals surface area contributed by atoms with E-state index in [-0.39, 0.29) is 24.4 Å². The second kappa shape index (κ2) is 10.5. The van der Waals surface area contributed by atoms with E-state index in [1.807, 2.05) is 36.4 Å². The monoisotopic (exact) mass is 398 g/mol. The zero-order valence-corrected chi connectivity index (χ0v) is 16.3. The van der Waals surface area contributed by atoms with E-state index < -0.39 is 5.97 Å². The Bertz CT molecular complexity index is 787. The smallest absolute Gasteiger partial charge is 0.309 e. The predicted molar refractivity (Wildman–Crippen MR) is 108 cm³/mol. The molecule has 1 saturated carbocycles. The van der Waals surface area contributed by atoms with Gasteiger partial charge in [-0.1, -0.05) is 30.3 Å². The molecular formula is C22H26N2O5. The summed E-state index contributed by atoms with van der Waals surface area (Å²) >= 11 is 0. The van der Waals surface area contributed by atoms with Crippen LogP contribution in [0.2, 0.25) is 0 Å². The number of aromatic nitrogens is 1. The zero-order valence-electron chi connectivity index (χ0n) is 16.3. The van der Waals surface area contributed by atoms with Crippen LogP contribution in [-0.2, 0) is 20.9 Å². The van der Waals surface area contributed by atoms with Crippen molar-refractivity contribution in [1.29, 1.82) is 0 Å². The third-order valence-corrected chi connectivity index (χ3v) is 4.92. The summed E-state index contributed by atoms with van der Waals surface area (Å²) in [5, 5.41) is 11.6. The van der Waals surface area contributed by atoms with E-state index in [9.17, 15) is 9.59 Å². The van der Waals surface area contributed by atoms with Gasteiger partial charge in [0.15, 0.2) is 0 Å². The molecule has 7 nitrogen and oxygen atoms in total. The number of hydrogen-bond acceptors (Lipinski definition) is 6. The minimum atomic E-state index is -0.843. The number of hydrogen-bond donors (Lipinski definition) is 2. The van der Waals surface area contributed by atoms with E-state index in [0.717, 1.165) is 36.9 Å². The maximum absolute atomic E-state index is 12.3. The second-order valence-corrected chi connectivity index (χ2v) is 7.14. The Morgan fingerprint density at radius 3 is 2.48 bits per heavy atom. The third kappa shape index (κ3) is 6.78. The lowest BCUT2D eigenvalue weighted by atomic mass is 9.87. The molecule has 7 heteroatoms. The molecule has 1 fully saturated rings. The molecule has 1 aliphatic carbocycles. The highest BCUT2D eigenvalue weighted by molar-refractivity contribution is 5.72. The van der Waals surface area contributed by atoms with Crippen LogP contribution in [0.15, 0.2) is 48.7 Å². The fourth-order valence-electron chi connectivity index (χ4n) is 3.30. The van der Waals surface area contributed by atoms with Crippen molar-refractivity contribution in [2.24, 2.45) is 5.92 Å². The molecule has 2 N–H and O–H groups in total. The highest BCUT2D eigenvalue weighted by Gasteiger charge is 2.28. The number of pyridine rings is 1. The molecular weight excluding hydrogens is 372 g/mol. The van der Waals surface area contributed by atoms with Gasteiger partial charge in [0, 0.05) is 12.6 Å². The highest BCUT2D eigenvalue weighted by atomic mass is 16.5. The van der Waals surface area contributed by atoms with Gasteiger partial charge in [-0.15, -0.1) is 0 Å². The lowest BCUT2D eigenvalue weighted by Gasteiger charge is -2.27. The van der Waals surface area contributed by atoms with E-state index in [0.29, 0.717) is 19.0 Å². The Hall–Kier alpha value is -3.09. The molecule has 1 heterocycles. The van der Waals surface area contributed by atoms with Gasteiger partial charge >= 0.3 is 11.9 Å². The van der Waals surface area contributed by atoms with E-state index in [1.165, 1.54) is 0 Å². The van der Waals surface area contributed by atoms with E-state index in [2.05, 4.69) is 10.3 Å². The standard InChI is InChI=1S/C22H26N2O5/c25-21(26)12-13-23-18-8-11-20(24-14-18)29-19-9-6-17(7-10-19)22(27)28-15-16-4-2-1-3-5-16/h1-5,8,11,14,17,19,23H,6-7,9-10,12-13,15H2,(H,25,26). The fourth-order valence-corrected chi connectivity index (χ4v) is 3.30. The Kier molecular flexibility index (Phi) is 7.44. The largest absolute Gasteiger partial charge is 0.481 e. The van der Waals surface area contributed by atoms with Crippen molar-refractivity contribution in [2.75, 3.05) is 11.9 Å². The number of carbonyl (C=O) groups excluding carboxylic acids is 1. The van der Waals surface area contributed by atoms with Crippen LogP contribution in [-0.4, -0.2) is 34.7 Å². The predicted octanol–water partition coefficient (Wildman–Crippen LogP) is 3.65. The van der Waals surface area contributed by atoms with Crippen molar-refractivity contribution in [3.05, 3.63) is 54.2 Å². The van der Waals surface area contributed by atoms with Gasteiger partial charge in [-0.3, -0.25) is 9.59 Å². The Labute approximate surface area is 170 Å². The molecule has 0 aliphatic heterocycles. The first kappa shape index (κ1) is 20.6. The van der Waals surface area contributed by atoms with Crippen LogP contribution < -0.4 is 10.1 Å². The molecule has 0 radical (unpaired) electrons. The van der Waals surface area contributed by atoms with Crippen LogP contribution in [0.5, 0.6) is 5.88 Å². The van der Waals surface area contributed by atoms with Gasteiger partial charge in [0.25, 0.3) is 0 Å². The number of nitrogens with one attached hydrogen (secondary N) is 1. The van der Waals surface area contributed by atoms with Gasteiger partial charge in [0.05, 0.1) is 24.2 Å². The summed E-state index contributed by atoms with van der Waals surface area (Å²) in [6.45, 7) is 0.661. The molecule has 29 heavy (non-hydrogen) atoms. The molecule has 0 unspecified atom stereocenters. The molecule has 0 amide bonds. The number of carbonyl (C=O) groups is 2. The first-order chi connectivity index (χ1) is 14.1. The molecule has 3 rings (SSSR count). The molecule has 1 aromatic heterocycles. The normalized spacial score (nSPS) is 18.6. The van der Waals surface area contributed by atoms with Gasteiger partial charge in [-0.2, -0.15) is 0 Å². The molecule has 0 spiro atoms. The molecule has 0 bridgehead atoms. The van der Waals surface area contributed by atoms with Crippen LogP contribution in [0.25, 0.3) is 0 Å². The highest BCUT2D eigenvalue weighted by Crippen LogP contribution is 2.28. The fraction of sp³-hybridized carbons (Fsp3) is 0.409. The topological polar surface area (TPSA) is 97.8 Å². The maximum Gasteiger partial charge on any atom is 0.309 e. The van der Waals surface area contributed by atoms with Crippen molar-refractivity contribution in [2.45, 2.75) is 44.8 Å². The van der Waals surface area contributed by atoms with Crippen molar-refractivity contribution >= 4 is 17.6 Å². The average molecular weight is 398 g/mol. The number of nitrogens with zero attached hydrogens (tertiary/aromatic N) is 1. The van der Waals surface area contributed by atoms with Crippen LogP contribution in [0.4, 0.5) is 5.69 Å². The maximum atomic E-state index is 12.3. The lowest BCUT2D eigenvalue weighted by molar-refractivity contribution is -0.151. The van der Waals surface area contributed by atoms with E-state index >= 15 is 0 Å². The summed E-state index contributed by atoms with van der Waals surface area (Å²) in [4.78, 5) is 27.1.